The fourth-order valence-electron chi connectivity index (χ4n) is 2.65. The van der Waals surface area contributed by atoms with E-state index in [1.165, 1.54) is 0 Å². The van der Waals surface area contributed by atoms with Gasteiger partial charge in [0.25, 0.3) is 5.91 Å². The Kier molecular flexibility index (Phi) is 6.82. The lowest BCUT2D eigenvalue weighted by atomic mass is 10.0. The van der Waals surface area contributed by atoms with Gasteiger partial charge in [0.15, 0.2) is 0 Å². The zero-order chi connectivity index (χ0) is 20.0. The van der Waals surface area contributed by atoms with Gasteiger partial charge >= 0.3 is 0 Å². The Morgan fingerprint density at radius 2 is 1.59 bits per heavy atom. The molecule has 144 valence electrons. The SMILES string of the molecule is COc1cc(NC(=O)C(NC(=O)c2cccc(C)c2)C(C)C)cc(OC)c1. The largest absolute Gasteiger partial charge is 0.497 e. The number of hydrogen-bond acceptors (Lipinski definition) is 4. The average Bonchev–Trinajstić information content (AvgIpc) is 2.65. The molecule has 0 heterocycles. The number of amides is 2. The van der Waals surface area contributed by atoms with Crippen LogP contribution in [0.5, 0.6) is 11.5 Å². The second kappa shape index (κ2) is 9.07. The Hall–Kier alpha value is -3.02. The van der Waals surface area contributed by atoms with Crippen LogP contribution in [0.4, 0.5) is 5.69 Å². The van der Waals surface area contributed by atoms with Gasteiger partial charge in [0.1, 0.15) is 17.5 Å². The molecule has 0 saturated carbocycles. The molecule has 0 aliphatic heterocycles. The lowest BCUT2D eigenvalue weighted by molar-refractivity contribution is -0.118. The zero-order valence-electron chi connectivity index (χ0n) is 16.3. The highest BCUT2D eigenvalue weighted by Crippen LogP contribution is 2.26. The van der Waals surface area contributed by atoms with Crippen LogP contribution in [0.3, 0.4) is 0 Å². The Bertz CT molecular complexity index is 795. The third kappa shape index (κ3) is 5.48. The Labute approximate surface area is 159 Å². The number of rotatable bonds is 7. The number of methoxy groups -OCH3 is 2. The fourth-order valence-corrected chi connectivity index (χ4v) is 2.65. The highest BCUT2D eigenvalue weighted by atomic mass is 16.5. The molecule has 2 rings (SSSR count). The molecule has 0 aliphatic rings. The maximum Gasteiger partial charge on any atom is 0.251 e. The standard InChI is InChI=1S/C21H26N2O4/c1-13(2)19(23-20(24)15-8-6-7-14(3)9-15)21(25)22-16-10-17(26-4)12-18(11-16)27-5/h6-13,19H,1-5H3,(H,22,25)(H,23,24). The first kappa shape index (κ1) is 20.3. The first-order chi connectivity index (χ1) is 12.8. The van der Waals surface area contributed by atoms with Gasteiger partial charge in [0.2, 0.25) is 5.91 Å². The van der Waals surface area contributed by atoms with Crippen molar-refractivity contribution in [3.8, 4) is 11.5 Å². The Morgan fingerprint density at radius 3 is 2.11 bits per heavy atom. The summed E-state index contributed by atoms with van der Waals surface area (Å²) < 4.78 is 10.4. The van der Waals surface area contributed by atoms with Gasteiger partial charge in [0, 0.05) is 29.4 Å². The predicted molar refractivity (Wildman–Crippen MR) is 105 cm³/mol. The van der Waals surface area contributed by atoms with Crippen molar-refractivity contribution in [2.45, 2.75) is 26.8 Å². The van der Waals surface area contributed by atoms with Crippen molar-refractivity contribution in [1.82, 2.24) is 5.32 Å². The first-order valence-electron chi connectivity index (χ1n) is 8.75. The van der Waals surface area contributed by atoms with Crippen molar-refractivity contribution in [3.63, 3.8) is 0 Å². The predicted octanol–water partition coefficient (Wildman–Crippen LogP) is 3.41. The highest BCUT2D eigenvalue weighted by Gasteiger charge is 2.25. The molecule has 1 atom stereocenters. The summed E-state index contributed by atoms with van der Waals surface area (Å²) in [5, 5.41) is 5.65. The third-order valence-electron chi connectivity index (χ3n) is 4.13. The molecule has 0 bridgehead atoms. The molecule has 2 N–H and O–H groups in total. The normalized spacial score (nSPS) is 11.6. The molecule has 1 unspecified atom stereocenters. The van der Waals surface area contributed by atoms with Gasteiger partial charge in [-0.2, -0.15) is 0 Å². The van der Waals surface area contributed by atoms with Crippen LogP contribution in [0.2, 0.25) is 0 Å². The van der Waals surface area contributed by atoms with E-state index >= 15 is 0 Å². The topological polar surface area (TPSA) is 76.7 Å². The minimum atomic E-state index is -0.685. The van der Waals surface area contributed by atoms with Crippen molar-refractivity contribution in [2.75, 3.05) is 19.5 Å². The summed E-state index contributed by atoms with van der Waals surface area (Å²) in [7, 11) is 3.08. The molecule has 0 fully saturated rings. The summed E-state index contributed by atoms with van der Waals surface area (Å²) in [6.45, 7) is 5.68. The lowest BCUT2D eigenvalue weighted by Crippen LogP contribution is -2.47. The van der Waals surface area contributed by atoms with Gasteiger partial charge < -0.3 is 20.1 Å². The second-order valence-corrected chi connectivity index (χ2v) is 6.66. The zero-order valence-corrected chi connectivity index (χ0v) is 16.3. The minimum Gasteiger partial charge on any atom is -0.497 e. The number of aryl methyl sites for hydroxylation is 1. The maximum absolute atomic E-state index is 12.8. The number of anilines is 1. The smallest absolute Gasteiger partial charge is 0.251 e. The van der Waals surface area contributed by atoms with E-state index in [9.17, 15) is 9.59 Å². The van der Waals surface area contributed by atoms with Crippen LogP contribution in [-0.2, 0) is 4.79 Å². The van der Waals surface area contributed by atoms with Crippen molar-refractivity contribution in [2.24, 2.45) is 5.92 Å². The van der Waals surface area contributed by atoms with E-state index in [0.29, 0.717) is 22.7 Å². The van der Waals surface area contributed by atoms with Crippen LogP contribution >= 0.6 is 0 Å². The van der Waals surface area contributed by atoms with E-state index in [2.05, 4.69) is 10.6 Å². The van der Waals surface area contributed by atoms with E-state index < -0.39 is 6.04 Å². The summed E-state index contributed by atoms with van der Waals surface area (Å²) in [4.78, 5) is 25.3. The summed E-state index contributed by atoms with van der Waals surface area (Å²) in [5.41, 5.74) is 2.04. The fraction of sp³-hybridized carbons (Fsp3) is 0.333. The molecule has 0 saturated heterocycles. The molecule has 0 spiro atoms. The molecule has 2 amide bonds. The van der Waals surface area contributed by atoms with E-state index in [0.717, 1.165) is 5.56 Å². The molecular formula is C21H26N2O4. The molecule has 0 aromatic heterocycles. The molecule has 2 aromatic carbocycles. The van der Waals surface area contributed by atoms with Gasteiger partial charge in [-0.15, -0.1) is 0 Å². The van der Waals surface area contributed by atoms with Crippen molar-refractivity contribution in [3.05, 3.63) is 53.6 Å². The van der Waals surface area contributed by atoms with E-state index in [-0.39, 0.29) is 17.7 Å². The van der Waals surface area contributed by atoms with E-state index in [4.69, 9.17) is 9.47 Å². The number of benzene rings is 2. The third-order valence-corrected chi connectivity index (χ3v) is 4.13. The van der Waals surface area contributed by atoms with Gasteiger partial charge in [-0.05, 0) is 25.0 Å². The van der Waals surface area contributed by atoms with Crippen LogP contribution in [0, 0.1) is 12.8 Å². The summed E-state index contributed by atoms with van der Waals surface area (Å²) in [5.74, 6) is 0.451. The van der Waals surface area contributed by atoms with Crippen molar-refractivity contribution >= 4 is 17.5 Å². The molecular weight excluding hydrogens is 344 g/mol. The second-order valence-electron chi connectivity index (χ2n) is 6.66. The van der Waals surface area contributed by atoms with Gasteiger partial charge in [-0.25, -0.2) is 0 Å². The Balaban J connectivity index is 2.16. The van der Waals surface area contributed by atoms with Crippen LogP contribution in [0.1, 0.15) is 29.8 Å². The Morgan fingerprint density at radius 1 is 0.963 bits per heavy atom. The summed E-state index contributed by atoms with van der Waals surface area (Å²) in [6, 6.07) is 11.7. The van der Waals surface area contributed by atoms with Gasteiger partial charge in [0.05, 0.1) is 14.2 Å². The average molecular weight is 370 g/mol. The number of hydrogen-bond donors (Lipinski definition) is 2. The number of carbonyl (C=O) groups excluding carboxylic acids is 2. The summed E-state index contributed by atoms with van der Waals surface area (Å²) in [6.07, 6.45) is 0. The van der Waals surface area contributed by atoms with Crippen molar-refractivity contribution < 1.29 is 19.1 Å². The molecule has 0 radical (unpaired) electrons. The first-order valence-corrected chi connectivity index (χ1v) is 8.75. The molecule has 2 aromatic rings. The number of carbonyl (C=O) groups is 2. The maximum atomic E-state index is 12.8. The summed E-state index contributed by atoms with van der Waals surface area (Å²) >= 11 is 0. The lowest BCUT2D eigenvalue weighted by Gasteiger charge is -2.22. The van der Waals surface area contributed by atoms with Crippen LogP contribution in [-0.4, -0.2) is 32.1 Å². The van der Waals surface area contributed by atoms with Gasteiger partial charge in [-0.3, -0.25) is 9.59 Å². The molecule has 27 heavy (non-hydrogen) atoms. The van der Waals surface area contributed by atoms with Crippen LogP contribution in [0.25, 0.3) is 0 Å². The van der Waals surface area contributed by atoms with Crippen molar-refractivity contribution in [1.29, 1.82) is 0 Å². The quantitative estimate of drug-likeness (QED) is 0.783. The number of nitrogens with one attached hydrogen (secondary N) is 2. The van der Waals surface area contributed by atoms with E-state index in [1.807, 2.05) is 32.9 Å². The molecule has 0 aliphatic carbocycles. The van der Waals surface area contributed by atoms with E-state index in [1.54, 1.807) is 44.6 Å². The monoisotopic (exact) mass is 370 g/mol. The minimum absolute atomic E-state index is 0.0914. The van der Waals surface area contributed by atoms with Gasteiger partial charge in [-0.1, -0.05) is 31.5 Å². The number of ether oxygens (including phenoxy) is 2. The molecule has 6 nitrogen and oxygen atoms in total. The van der Waals surface area contributed by atoms with Crippen LogP contribution in [0.15, 0.2) is 42.5 Å². The van der Waals surface area contributed by atoms with Crippen LogP contribution < -0.4 is 20.1 Å². The molecule has 6 heteroatoms. The highest BCUT2D eigenvalue weighted by molar-refractivity contribution is 6.01.